The average Bonchev–Trinajstić information content (AvgIpc) is 2.73. The second kappa shape index (κ2) is 4.08. The number of hydrogen-bond acceptors (Lipinski definition) is 4. The van der Waals surface area contributed by atoms with E-state index >= 15 is 0 Å². The van der Waals surface area contributed by atoms with Crippen LogP contribution in [0, 0.1) is 5.92 Å². The lowest BCUT2D eigenvalue weighted by Gasteiger charge is -2.20. The van der Waals surface area contributed by atoms with Gasteiger partial charge < -0.3 is 4.90 Å². The minimum absolute atomic E-state index is 0.259. The molecular formula is C10H17N3O2S. The van der Waals surface area contributed by atoms with Gasteiger partial charge in [0.1, 0.15) is 0 Å². The zero-order valence-electron chi connectivity index (χ0n) is 9.63. The van der Waals surface area contributed by atoms with Gasteiger partial charge in [-0.05, 0) is 12.3 Å². The summed E-state index contributed by atoms with van der Waals surface area (Å²) in [4.78, 5) is 2.07. The molecule has 6 heteroatoms. The minimum Gasteiger partial charge on any atom is -0.372 e. The molecule has 2 rings (SSSR count). The van der Waals surface area contributed by atoms with Crippen LogP contribution in [0.5, 0.6) is 0 Å². The Hall–Kier alpha value is -1.04. The smallest absolute Gasteiger partial charge is 0.150 e. The maximum Gasteiger partial charge on any atom is 0.150 e. The third-order valence-corrected chi connectivity index (χ3v) is 4.83. The zero-order valence-corrected chi connectivity index (χ0v) is 10.4. The Morgan fingerprint density at radius 3 is 2.88 bits per heavy atom. The first kappa shape index (κ1) is 11.4. The molecule has 0 aromatic carbocycles. The van der Waals surface area contributed by atoms with Crippen LogP contribution >= 0.6 is 0 Å². The second-order valence-corrected chi connectivity index (χ2v) is 6.75. The van der Waals surface area contributed by atoms with Crippen molar-refractivity contribution < 1.29 is 8.42 Å². The molecule has 1 fully saturated rings. The fraction of sp³-hybridized carbons (Fsp3) is 0.700. The van der Waals surface area contributed by atoms with Gasteiger partial charge in [-0.3, -0.25) is 4.68 Å². The third-order valence-electron chi connectivity index (χ3n) is 2.99. The van der Waals surface area contributed by atoms with Crippen LogP contribution in [0.15, 0.2) is 12.4 Å². The summed E-state index contributed by atoms with van der Waals surface area (Å²) < 4.78 is 24.4. The molecule has 1 aromatic rings. The summed E-state index contributed by atoms with van der Waals surface area (Å²) in [6.45, 7) is 0.783. The molecule has 0 bridgehead atoms. The van der Waals surface area contributed by atoms with Crippen LogP contribution in [-0.2, 0) is 16.9 Å². The summed E-state index contributed by atoms with van der Waals surface area (Å²) >= 11 is 0. The van der Waals surface area contributed by atoms with E-state index < -0.39 is 9.84 Å². The van der Waals surface area contributed by atoms with Crippen LogP contribution in [0.1, 0.15) is 6.42 Å². The van der Waals surface area contributed by atoms with Crippen molar-refractivity contribution >= 4 is 15.5 Å². The van der Waals surface area contributed by atoms with Crippen LogP contribution < -0.4 is 4.90 Å². The molecule has 0 saturated carbocycles. The van der Waals surface area contributed by atoms with Crippen LogP contribution in [0.25, 0.3) is 0 Å². The predicted octanol–water partition coefficient (Wildman–Crippen LogP) is 0.291. The molecule has 5 nitrogen and oxygen atoms in total. The summed E-state index contributed by atoms with van der Waals surface area (Å²) in [7, 11) is 1.08. The van der Waals surface area contributed by atoms with Gasteiger partial charge in [0, 0.05) is 26.8 Å². The summed E-state index contributed by atoms with van der Waals surface area (Å²) in [6.07, 6.45) is 4.51. The lowest BCUT2D eigenvalue weighted by Crippen LogP contribution is -2.25. The van der Waals surface area contributed by atoms with Crippen LogP contribution in [0.2, 0.25) is 0 Å². The van der Waals surface area contributed by atoms with Crippen molar-refractivity contribution in [3.05, 3.63) is 12.4 Å². The van der Waals surface area contributed by atoms with E-state index in [4.69, 9.17) is 0 Å². The largest absolute Gasteiger partial charge is 0.372 e. The molecule has 0 amide bonds. The highest BCUT2D eigenvalue weighted by molar-refractivity contribution is 7.91. The van der Waals surface area contributed by atoms with Crippen molar-refractivity contribution in [3.8, 4) is 0 Å². The number of nitrogens with zero attached hydrogens (tertiary/aromatic N) is 3. The van der Waals surface area contributed by atoms with Crippen molar-refractivity contribution in [3.63, 3.8) is 0 Å². The van der Waals surface area contributed by atoms with E-state index in [0.29, 0.717) is 11.5 Å². The molecule has 1 aromatic heterocycles. The van der Waals surface area contributed by atoms with Gasteiger partial charge >= 0.3 is 0 Å². The number of rotatable bonds is 3. The second-order valence-electron chi connectivity index (χ2n) is 4.52. The fourth-order valence-electron chi connectivity index (χ4n) is 2.11. The highest BCUT2D eigenvalue weighted by Crippen LogP contribution is 2.21. The van der Waals surface area contributed by atoms with E-state index in [0.717, 1.165) is 18.7 Å². The summed E-state index contributed by atoms with van der Waals surface area (Å²) in [5, 5.41) is 4.10. The van der Waals surface area contributed by atoms with E-state index in [1.807, 2.05) is 20.3 Å². The molecule has 0 unspecified atom stereocenters. The summed E-state index contributed by atoms with van der Waals surface area (Å²) in [5.74, 6) is 0.936. The van der Waals surface area contributed by atoms with Crippen LogP contribution in [0.3, 0.4) is 0 Å². The Morgan fingerprint density at radius 1 is 1.62 bits per heavy atom. The number of hydrogen-bond donors (Lipinski definition) is 0. The maximum absolute atomic E-state index is 11.3. The van der Waals surface area contributed by atoms with Gasteiger partial charge in [0.25, 0.3) is 0 Å². The van der Waals surface area contributed by atoms with Crippen LogP contribution in [-0.4, -0.2) is 43.3 Å². The number of sulfone groups is 1. The first-order valence-corrected chi connectivity index (χ1v) is 7.18. The SMILES string of the molecule is CN(C[C@H]1CCS(=O)(=O)C1)c1cnn(C)c1. The summed E-state index contributed by atoms with van der Waals surface area (Å²) in [6, 6.07) is 0. The maximum atomic E-state index is 11.3. The molecule has 1 aliphatic rings. The minimum atomic E-state index is -2.77. The van der Waals surface area contributed by atoms with E-state index in [1.165, 1.54) is 0 Å². The normalized spacial score (nSPS) is 23.5. The molecule has 0 radical (unpaired) electrons. The fourth-order valence-corrected chi connectivity index (χ4v) is 3.96. The number of aromatic nitrogens is 2. The Bertz CT molecular complexity index is 466. The van der Waals surface area contributed by atoms with Crippen molar-refractivity contribution in [2.75, 3.05) is 30.0 Å². The highest BCUT2D eigenvalue weighted by Gasteiger charge is 2.28. The predicted molar refractivity (Wildman–Crippen MR) is 63.2 cm³/mol. The Labute approximate surface area is 96.0 Å². The van der Waals surface area contributed by atoms with E-state index in [-0.39, 0.29) is 5.92 Å². The van der Waals surface area contributed by atoms with E-state index in [1.54, 1.807) is 10.9 Å². The lowest BCUT2D eigenvalue weighted by atomic mass is 10.1. The van der Waals surface area contributed by atoms with Gasteiger partial charge in [0.2, 0.25) is 0 Å². The highest BCUT2D eigenvalue weighted by atomic mass is 32.2. The third kappa shape index (κ3) is 2.55. The quantitative estimate of drug-likeness (QED) is 0.766. The lowest BCUT2D eigenvalue weighted by molar-refractivity contribution is 0.581. The average molecular weight is 243 g/mol. The van der Waals surface area contributed by atoms with Crippen molar-refractivity contribution in [1.82, 2.24) is 9.78 Å². The monoisotopic (exact) mass is 243 g/mol. The molecule has 16 heavy (non-hydrogen) atoms. The standard InChI is InChI=1S/C10H17N3O2S/c1-12(10-5-11-13(2)7-10)6-9-3-4-16(14,15)8-9/h5,7,9H,3-4,6,8H2,1-2H3/t9-/m1/s1. The van der Waals surface area contributed by atoms with Crippen molar-refractivity contribution in [1.29, 1.82) is 0 Å². The van der Waals surface area contributed by atoms with Crippen LogP contribution in [0.4, 0.5) is 5.69 Å². The molecule has 0 spiro atoms. The number of aryl methyl sites for hydroxylation is 1. The van der Waals surface area contributed by atoms with Gasteiger partial charge in [-0.25, -0.2) is 8.42 Å². The summed E-state index contributed by atoms with van der Waals surface area (Å²) in [5.41, 5.74) is 1.03. The molecular weight excluding hydrogens is 226 g/mol. The number of anilines is 1. The van der Waals surface area contributed by atoms with Gasteiger partial charge in [0.05, 0.1) is 23.4 Å². The molecule has 2 heterocycles. The van der Waals surface area contributed by atoms with Gasteiger partial charge in [-0.2, -0.15) is 5.10 Å². The first-order chi connectivity index (χ1) is 7.46. The van der Waals surface area contributed by atoms with Crippen molar-refractivity contribution in [2.45, 2.75) is 6.42 Å². The van der Waals surface area contributed by atoms with E-state index in [2.05, 4.69) is 10.00 Å². The van der Waals surface area contributed by atoms with Gasteiger partial charge in [-0.1, -0.05) is 0 Å². The molecule has 90 valence electrons. The Kier molecular flexibility index (Phi) is 2.92. The molecule has 1 atom stereocenters. The molecule has 0 N–H and O–H groups in total. The first-order valence-electron chi connectivity index (χ1n) is 5.36. The Morgan fingerprint density at radius 2 is 2.38 bits per heavy atom. The molecule has 1 aliphatic heterocycles. The van der Waals surface area contributed by atoms with Gasteiger partial charge in [0.15, 0.2) is 9.84 Å². The topological polar surface area (TPSA) is 55.2 Å². The van der Waals surface area contributed by atoms with Crippen molar-refractivity contribution in [2.24, 2.45) is 13.0 Å². The van der Waals surface area contributed by atoms with Gasteiger partial charge in [-0.15, -0.1) is 0 Å². The molecule has 1 saturated heterocycles. The molecule has 0 aliphatic carbocycles. The zero-order chi connectivity index (χ0) is 11.8. The Balaban J connectivity index is 1.96. The van der Waals surface area contributed by atoms with E-state index in [9.17, 15) is 8.42 Å².